The second-order valence-electron chi connectivity index (χ2n) is 3.61. The molecule has 1 heterocycles. The van der Waals surface area contributed by atoms with Crippen LogP contribution in [-0.2, 0) is 10.0 Å². The number of hydrogen-bond acceptors (Lipinski definition) is 4. The number of sulfonamides is 1. The van der Waals surface area contributed by atoms with Gasteiger partial charge in [0.05, 0.1) is 16.2 Å². The molecule has 1 aromatic heterocycles. The summed E-state index contributed by atoms with van der Waals surface area (Å²) in [4.78, 5) is 7.31. The molecule has 0 aliphatic rings. The molecule has 2 aromatic rings. The predicted octanol–water partition coefficient (Wildman–Crippen LogP) is 4.25. The number of anilines is 1. The van der Waals surface area contributed by atoms with E-state index in [9.17, 15) is 12.8 Å². The Bertz CT molecular complexity index is 820. The summed E-state index contributed by atoms with van der Waals surface area (Å²) in [5.41, 5.74) is 0. The van der Waals surface area contributed by atoms with E-state index in [1.807, 2.05) is 0 Å². The van der Waals surface area contributed by atoms with Gasteiger partial charge in [-0.1, -0.05) is 23.2 Å². The zero-order chi connectivity index (χ0) is 15.8. The number of nitrogens with one attached hydrogen (secondary N) is 1. The van der Waals surface area contributed by atoms with E-state index >= 15 is 0 Å². The van der Waals surface area contributed by atoms with Crippen LogP contribution >= 0.6 is 55.1 Å². The first-order chi connectivity index (χ1) is 9.72. The van der Waals surface area contributed by atoms with Gasteiger partial charge in [-0.3, -0.25) is 4.72 Å². The summed E-state index contributed by atoms with van der Waals surface area (Å²) in [5, 5.41) is -0.875. The van der Waals surface area contributed by atoms with E-state index in [1.165, 1.54) is 6.20 Å². The molecule has 21 heavy (non-hydrogen) atoms. The first-order valence-electron chi connectivity index (χ1n) is 5.06. The molecule has 2 rings (SSSR count). The Hall–Kier alpha value is -0.480. The maximum absolute atomic E-state index is 13.6. The van der Waals surface area contributed by atoms with Crippen molar-refractivity contribution in [2.24, 2.45) is 0 Å². The third-order valence-corrected chi connectivity index (χ3v) is 5.31. The smallest absolute Gasteiger partial charge is 0.261 e. The lowest BCUT2D eigenvalue weighted by molar-refractivity contribution is 0.595. The van der Waals surface area contributed by atoms with Crippen LogP contribution in [0.2, 0.25) is 10.0 Å². The largest absolute Gasteiger partial charge is 0.264 e. The van der Waals surface area contributed by atoms with Crippen LogP contribution < -0.4 is 4.72 Å². The normalized spacial score (nSPS) is 11.5. The lowest BCUT2D eigenvalue weighted by Gasteiger charge is -2.10. The van der Waals surface area contributed by atoms with Gasteiger partial charge in [0.15, 0.2) is 16.2 Å². The molecule has 0 fully saturated rings. The summed E-state index contributed by atoms with van der Waals surface area (Å²) < 4.78 is 40.8. The van der Waals surface area contributed by atoms with Gasteiger partial charge in [0.2, 0.25) is 0 Å². The topological polar surface area (TPSA) is 72.0 Å². The fraction of sp³-hybridized carbons (Fsp3) is 0. The Morgan fingerprint density at radius 2 is 1.90 bits per heavy atom. The zero-order valence-corrected chi connectivity index (χ0v) is 15.2. The molecule has 0 amide bonds. The fourth-order valence-electron chi connectivity index (χ4n) is 1.31. The number of aromatic nitrogens is 2. The molecule has 11 heteroatoms. The van der Waals surface area contributed by atoms with Gasteiger partial charge in [0.25, 0.3) is 10.0 Å². The Morgan fingerprint density at radius 3 is 2.52 bits per heavy atom. The molecule has 5 nitrogen and oxygen atoms in total. The van der Waals surface area contributed by atoms with E-state index in [-0.39, 0.29) is 15.4 Å². The van der Waals surface area contributed by atoms with Crippen molar-refractivity contribution in [3.8, 4) is 0 Å². The molecule has 1 aromatic carbocycles. The predicted molar refractivity (Wildman–Crippen MR) is 84.7 cm³/mol. The lowest BCUT2D eigenvalue weighted by Crippen LogP contribution is -2.15. The first kappa shape index (κ1) is 16.9. The standard InChI is InChI=1S/C10H4Br2Cl2FN3O2S/c11-6-3-16-10(9(12)17-6)18-21(19,20)5-2-1-4(13)8(15)7(5)14/h1-3H,(H,16,18). The molecule has 0 spiro atoms. The van der Waals surface area contributed by atoms with Crippen molar-refractivity contribution in [3.05, 3.63) is 43.4 Å². The molecule has 0 atom stereocenters. The van der Waals surface area contributed by atoms with E-state index in [0.717, 1.165) is 12.1 Å². The number of rotatable bonds is 3. The van der Waals surface area contributed by atoms with E-state index < -0.39 is 25.8 Å². The van der Waals surface area contributed by atoms with Crippen molar-refractivity contribution in [2.45, 2.75) is 4.90 Å². The highest BCUT2D eigenvalue weighted by Crippen LogP contribution is 2.31. The summed E-state index contributed by atoms with van der Waals surface area (Å²) in [5.74, 6) is -1.08. The molecule has 0 aliphatic heterocycles. The highest BCUT2D eigenvalue weighted by molar-refractivity contribution is 9.11. The molecular formula is C10H4Br2Cl2FN3O2S. The second-order valence-corrected chi connectivity index (χ2v) is 7.61. The number of halogens is 5. The molecule has 0 radical (unpaired) electrons. The van der Waals surface area contributed by atoms with Gasteiger partial charge in [0, 0.05) is 0 Å². The first-order valence-corrected chi connectivity index (χ1v) is 8.89. The average Bonchev–Trinajstić information content (AvgIpc) is 2.39. The van der Waals surface area contributed by atoms with Crippen LogP contribution in [0.25, 0.3) is 0 Å². The number of hydrogen-bond donors (Lipinski definition) is 1. The summed E-state index contributed by atoms with van der Waals surface area (Å²) in [6.45, 7) is 0. The fourth-order valence-corrected chi connectivity index (χ4v) is 4.12. The zero-order valence-electron chi connectivity index (χ0n) is 9.74. The van der Waals surface area contributed by atoms with Crippen molar-refractivity contribution in [3.63, 3.8) is 0 Å². The number of benzene rings is 1. The van der Waals surface area contributed by atoms with Crippen LogP contribution in [0.3, 0.4) is 0 Å². The maximum atomic E-state index is 13.6. The maximum Gasteiger partial charge on any atom is 0.264 e. The van der Waals surface area contributed by atoms with Crippen LogP contribution in [0.4, 0.5) is 10.2 Å². The monoisotopic (exact) mass is 477 g/mol. The van der Waals surface area contributed by atoms with E-state index in [0.29, 0.717) is 4.60 Å². The average molecular weight is 480 g/mol. The van der Waals surface area contributed by atoms with Gasteiger partial charge in [-0.05, 0) is 44.0 Å². The van der Waals surface area contributed by atoms with Gasteiger partial charge < -0.3 is 0 Å². The number of nitrogens with zero attached hydrogens (tertiary/aromatic N) is 2. The molecule has 112 valence electrons. The van der Waals surface area contributed by atoms with Crippen molar-refractivity contribution in [1.29, 1.82) is 0 Å². The Labute approximate surface area is 146 Å². The molecule has 1 N–H and O–H groups in total. The molecular weight excluding hydrogens is 476 g/mol. The van der Waals surface area contributed by atoms with Crippen LogP contribution in [0.15, 0.2) is 32.4 Å². The summed E-state index contributed by atoms with van der Waals surface area (Å²) >= 11 is 17.4. The van der Waals surface area contributed by atoms with E-state index in [2.05, 4.69) is 46.5 Å². The third kappa shape index (κ3) is 3.65. The van der Waals surface area contributed by atoms with Gasteiger partial charge in [-0.15, -0.1) is 0 Å². The molecule has 0 saturated heterocycles. The van der Waals surface area contributed by atoms with Crippen LogP contribution in [0, 0.1) is 5.82 Å². The minimum absolute atomic E-state index is 0.0652. The van der Waals surface area contributed by atoms with Crippen LogP contribution in [0.5, 0.6) is 0 Å². The summed E-state index contributed by atoms with van der Waals surface area (Å²) in [6, 6.07) is 2.19. The van der Waals surface area contributed by atoms with E-state index in [1.54, 1.807) is 0 Å². The summed E-state index contributed by atoms with van der Waals surface area (Å²) in [7, 11) is -4.15. The molecule has 0 bridgehead atoms. The van der Waals surface area contributed by atoms with Crippen molar-refractivity contribution >= 4 is 70.9 Å². The molecule has 0 aliphatic carbocycles. The van der Waals surface area contributed by atoms with Gasteiger partial charge >= 0.3 is 0 Å². The van der Waals surface area contributed by atoms with Crippen molar-refractivity contribution < 1.29 is 12.8 Å². The highest BCUT2D eigenvalue weighted by Gasteiger charge is 2.23. The second kappa shape index (κ2) is 6.33. The van der Waals surface area contributed by atoms with Gasteiger partial charge in [-0.2, -0.15) is 0 Å². The molecule has 0 saturated carbocycles. The van der Waals surface area contributed by atoms with Gasteiger partial charge in [-0.25, -0.2) is 22.8 Å². The molecule has 0 unspecified atom stereocenters. The SMILES string of the molecule is O=S(=O)(Nc1ncc(Br)nc1Br)c1ccc(Cl)c(F)c1Cl. The quantitative estimate of drug-likeness (QED) is 0.668. The minimum Gasteiger partial charge on any atom is -0.261 e. The van der Waals surface area contributed by atoms with Gasteiger partial charge in [0.1, 0.15) is 9.50 Å². The lowest BCUT2D eigenvalue weighted by atomic mass is 10.3. The third-order valence-electron chi connectivity index (χ3n) is 2.22. The minimum atomic E-state index is -4.15. The Morgan fingerprint density at radius 1 is 1.24 bits per heavy atom. The highest BCUT2D eigenvalue weighted by atomic mass is 79.9. The van der Waals surface area contributed by atoms with Crippen molar-refractivity contribution in [2.75, 3.05) is 4.72 Å². The Kier molecular flexibility index (Phi) is 5.09. The Balaban J connectivity index is 2.46. The van der Waals surface area contributed by atoms with Crippen molar-refractivity contribution in [1.82, 2.24) is 9.97 Å². The summed E-state index contributed by atoms with van der Waals surface area (Å²) in [6.07, 6.45) is 1.30. The van der Waals surface area contributed by atoms with E-state index in [4.69, 9.17) is 23.2 Å². The van der Waals surface area contributed by atoms with Crippen LogP contribution in [-0.4, -0.2) is 18.4 Å². The van der Waals surface area contributed by atoms with Crippen LogP contribution in [0.1, 0.15) is 0 Å².